The Hall–Kier alpha value is -1.18. The lowest BCUT2D eigenvalue weighted by molar-refractivity contribution is 0.0772. The number of hydrogen-bond acceptors (Lipinski definition) is 5. The number of nitrogens with one attached hydrogen (secondary N) is 1. The summed E-state index contributed by atoms with van der Waals surface area (Å²) in [6, 6.07) is 6.47. The molecule has 5 nitrogen and oxygen atoms in total. The zero-order chi connectivity index (χ0) is 17.2. The van der Waals surface area contributed by atoms with Gasteiger partial charge in [-0.2, -0.15) is 11.3 Å². The predicted octanol–water partition coefficient (Wildman–Crippen LogP) is 3.08. The third kappa shape index (κ3) is 4.81. The van der Waals surface area contributed by atoms with Crippen LogP contribution in [0.15, 0.2) is 29.0 Å². The lowest BCUT2D eigenvalue weighted by Crippen LogP contribution is -2.49. The fourth-order valence-electron chi connectivity index (χ4n) is 3.80. The molecule has 1 N–H and O–H groups in total. The number of carbonyl (C=O) groups excluding carboxylic acids is 1. The molecule has 1 unspecified atom stereocenters. The van der Waals surface area contributed by atoms with E-state index in [0.29, 0.717) is 6.04 Å². The number of carbonyl (C=O) groups is 1. The van der Waals surface area contributed by atoms with Crippen LogP contribution in [-0.2, 0) is 0 Å². The highest BCUT2D eigenvalue weighted by Crippen LogP contribution is 2.24. The molecule has 0 aromatic carbocycles. The molecule has 0 bridgehead atoms. The van der Waals surface area contributed by atoms with Crippen LogP contribution in [0.25, 0.3) is 11.3 Å². The second kappa shape index (κ2) is 9.85. The number of nitrogens with zero attached hydrogens (tertiary/aromatic N) is 3. The first-order chi connectivity index (χ1) is 12.2. The van der Waals surface area contributed by atoms with Crippen molar-refractivity contribution in [3.63, 3.8) is 0 Å². The Morgan fingerprint density at radius 1 is 1.19 bits per heavy atom. The van der Waals surface area contributed by atoms with E-state index in [1.807, 2.05) is 29.3 Å². The molecular formula is C19H26Cl2N4OS. The van der Waals surface area contributed by atoms with E-state index in [4.69, 9.17) is 0 Å². The number of likely N-dealkylation sites (tertiary alicyclic amines) is 1. The molecule has 2 aromatic rings. The van der Waals surface area contributed by atoms with Crippen molar-refractivity contribution in [1.29, 1.82) is 0 Å². The number of rotatable bonds is 3. The predicted molar refractivity (Wildman–Crippen MR) is 116 cm³/mol. The number of aromatic nitrogens is 1. The van der Waals surface area contributed by atoms with E-state index >= 15 is 0 Å². The number of piperazine rings is 1. The topological polar surface area (TPSA) is 48.5 Å². The van der Waals surface area contributed by atoms with Gasteiger partial charge in [0.1, 0.15) is 0 Å². The molecule has 2 aliphatic heterocycles. The number of thiophene rings is 1. The lowest BCUT2D eigenvalue weighted by atomic mass is 10.1. The molecular weight excluding hydrogens is 403 g/mol. The fourth-order valence-corrected chi connectivity index (χ4v) is 4.45. The van der Waals surface area contributed by atoms with Gasteiger partial charge in [-0.25, -0.2) is 0 Å². The first kappa shape index (κ1) is 22.1. The number of hydrogen-bond donors (Lipinski definition) is 1. The zero-order valence-electron chi connectivity index (χ0n) is 15.4. The van der Waals surface area contributed by atoms with Crippen molar-refractivity contribution < 1.29 is 4.79 Å². The van der Waals surface area contributed by atoms with E-state index in [-0.39, 0.29) is 30.7 Å². The summed E-state index contributed by atoms with van der Waals surface area (Å²) in [5.41, 5.74) is 3.61. The molecule has 2 saturated heterocycles. The number of pyridine rings is 1. The smallest absolute Gasteiger partial charge is 0.255 e. The Kier molecular flexibility index (Phi) is 8.06. The van der Waals surface area contributed by atoms with Gasteiger partial charge in [-0.05, 0) is 36.9 Å². The highest BCUT2D eigenvalue weighted by atomic mass is 35.5. The molecule has 148 valence electrons. The van der Waals surface area contributed by atoms with Gasteiger partial charge in [0, 0.05) is 56.3 Å². The normalized spacial score (nSPS) is 20.0. The summed E-state index contributed by atoms with van der Waals surface area (Å²) in [5.74, 6) is 0.125. The van der Waals surface area contributed by atoms with Gasteiger partial charge in [0.15, 0.2) is 0 Å². The average Bonchev–Trinajstić information content (AvgIpc) is 3.34. The number of amides is 1. The van der Waals surface area contributed by atoms with Gasteiger partial charge in [0.2, 0.25) is 0 Å². The minimum Gasteiger partial charge on any atom is -0.337 e. The van der Waals surface area contributed by atoms with E-state index < -0.39 is 0 Å². The fraction of sp³-hybridized carbons (Fsp3) is 0.474. The standard InChI is InChI=1S/C19H24N4OS.2ClH/c1-14-17(2-3-18(21-14)15-5-11-25-13-15)19(24)23-8-4-16(12-23)22-9-6-20-7-10-22;;/h2-3,5,11,13,16,20H,4,6-10,12H2,1H3;2*1H. The van der Waals surface area contributed by atoms with Gasteiger partial charge in [0.25, 0.3) is 5.91 Å². The van der Waals surface area contributed by atoms with Crippen molar-refractivity contribution in [2.24, 2.45) is 0 Å². The quantitative estimate of drug-likeness (QED) is 0.815. The Balaban J connectivity index is 0.00000131. The van der Waals surface area contributed by atoms with Gasteiger partial charge < -0.3 is 10.2 Å². The van der Waals surface area contributed by atoms with Crippen molar-refractivity contribution in [2.45, 2.75) is 19.4 Å². The molecule has 1 atom stereocenters. The highest BCUT2D eigenvalue weighted by molar-refractivity contribution is 7.08. The van der Waals surface area contributed by atoms with Gasteiger partial charge in [0.05, 0.1) is 17.0 Å². The van der Waals surface area contributed by atoms with Crippen LogP contribution in [0.5, 0.6) is 0 Å². The maximum Gasteiger partial charge on any atom is 0.255 e. The first-order valence-corrected chi connectivity index (χ1v) is 9.91. The van der Waals surface area contributed by atoms with Crippen LogP contribution in [0.3, 0.4) is 0 Å². The van der Waals surface area contributed by atoms with Crippen molar-refractivity contribution in [3.8, 4) is 11.3 Å². The van der Waals surface area contributed by atoms with Gasteiger partial charge in [-0.1, -0.05) is 0 Å². The number of aryl methyl sites for hydroxylation is 1. The highest BCUT2D eigenvalue weighted by Gasteiger charge is 2.31. The largest absolute Gasteiger partial charge is 0.337 e. The van der Waals surface area contributed by atoms with E-state index in [1.165, 1.54) is 0 Å². The summed E-state index contributed by atoms with van der Waals surface area (Å²) in [7, 11) is 0. The maximum absolute atomic E-state index is 13.0. The Morgan fingerprint density at radius 3 is 2.63 bits per heavy atom. The minimum absolute atomic E-state index is 0. The van der Waals surface area contributed by atoms with Crippen molar-refractivity contribution in [3.05, 3.63) is 40.2 Å². The molecule has 4 heterocycles. The second-order valence-electron chi connectivity index (χ2n) is 6.82. The molecule has 2 aromatic heterocycles. The van der Waals surface area contributed by atoms with Crippen molar-refractivity contribution in [2.75, 3.05) is 39.3 Å². The van der Waals surface area contributed by atoms with Crippen LogP contribution < -0.4 is 5.32 Å². The maximum atomic E-state index is 13.0. The SMILES string of the molecule is Cc1nc(-c2ccsc2)ccc1C(=O)N1CCC(N2CCNCC2)C1.Cl.Cl. The molecule has 8 heteroatoms. The van der Waals surface area contributed by atoms with E-state index in [2.05, 4.69) is 26.6 Å². The van der Waals surface area contributed by atoms with Crippen LogP contribution in [0.1, 0.15) is 22.5 Å². The van der Waals surface area contributed by atoms with E-state index in [0.717, 1.165) is 68.2 Å². The molecule has 1 amide bonds. The number of halogens is 2. The molecule has 0 radical (unpaired) electrons. The molecule has 27 heavy (non-hydrogen) atoms. The second-order valence-corrected chi connectivity index (χ2v) is 7.60. The Labute approximate surface area is 177 Å². The molecule has 0 aliphatic carbocycles. The van der Waals surface area contributed by atoms with Crippen LogP contribution in [0.2, 0.25) is 0 Å². The lowest BCUT2D eigenvalue weighted by Gasteiger charge is -2.32. The zero-order valence-corrected chi connectivity index (χ0v) is 17.8. The van der Waals surface area contributed by atoms with E-state index in [1.54, 1.807) is 11.3 Å². The monoisotopic (exact) mass is 428 g/mol. The Bertz CT molecular complexity index is 750. The summed E-state index contributed by atoms with van der Waals surface area (Å²) in [4.78, 5) is 22.1. The summed E-state index contributed by atoms with van der Waals surface area (Å²) >= 11 is 1.66. The van der Waals surface area contributed by atoms with Crippen LogP contribution in [0, 0.1) is 6.92 Å². The van der Waals surface area contributed by atoms with Gasteiger partial charge >= 0.3 is 0 Å². The van der Waals surface area contributed by atoms with Crippen molar-refractivity contribution in [1.82, 2.24) is 20.1 Å². The van der Waals surface area contributed by atoms with Crippen molar-refractivity contribution >= 4 is 42.1 Å². The average molecular weight is 429 g/mol. The summed E-state index contributed by atoms with van der Waals surface area (Å²) in [5, 5.41) is 7.53. The third-order valence-corrected chi connectivity index (χ3v) is 5.93. The van der Waals surface area contributed by atoms with Crippen LogP contribution in [-0.4, -0.2) is 66.0 Å². The molecule has 0 saturated carbocycles. The van der Waals surface area contributed by atoms with Crippen LogP contribution in [0.4, 0.5) is 0 Å². The van der Waals surface area contributed by atoms with Crippen LogP contribution >= 0.6 is 36.2 Å². The summed E-state index contributed by atoms with van der Waals surface area (Å²) in [6.07, 6.45) is 1.07. The van der Waals surface area contributed by atoms with E-state index in [9.17, 15) is 4.79 Å². The Morgan fingerprint density at radius 2 is 1.96 bits per heavy atom. The minimum atomic E-state index is 0. The first-order valence-electron chi connectivity index (χ1n) is 8.96. The molecule has 0 spiro atoms. The summed E-state index contributed by atoms with van der Waals surface area (Å²) < 4.78 is 0. The van der Waals surface area contributed by atoms with Gasteiger partial charge in [-0.15, -0.1) is 24.8 Å². The molecule has 4 rings (SSSR count). The third-order valence-electron chi connectivity index (χ3n) is 5.25. The molecule has 2 aliphatic rings. The molecule has 2 fully saturated rings. The summed E-state index contributed by atoms with van der Waals surface area (Å²) in [6.45, 7) is 7.90. The van der Waals surface area contributed by atoms with Gasteiger partial charge in [-0.3, -0.25) is 14.7 Å².